The molecule has 2 aromatic carbocycles. The zero-order chi connectivity index (χ0) is 15.1. The van der Waals surface area contributed by atoms with Crippen molar-refractivity contribution in [3.63, 3.8) is 0 Å². The van der Waals surface area contributed by atoms with Gasteiger partial charge in [-0.1, -0.05) is 74.0 Å². The fourth-order valence-electron chi connectivity index (χ4n) is 2.54. The summed E-state index contributed by atoms with van der Waals surface area (Å²) in [5.74, 6) is 1.06. The monoisotopic (exact) mass is 301 g/mol. The average Bonchev–Trinajstić information content (AvgIpc) is 2.47. The molecule has 0 saturated carbocycles. The van der Waals surface area contributed by atoms with Crippen molar-refractivity contribution >= 4 is 11.6 Å². The molecule has 0 aliphatic heterocycles. The molecule has 0 aliphatic rings. The maximum atomic E-state index is 6.40. The van der Waals surface area contributed by atoms with E-state index in [0.717, 1.165) is 24.5 Å². The number of hydrogen-bond acceptors (Lipinski definition) is 1. The van der Waals surface area contributed by atoms with Crippen molar-refractivity contribution in [2.45, 2.75) is 26.2 Å². The Morgan fingerprint density at radius 2 is 1.57 bits per heavy atom. The maximum absolute atomic E-state index is 6.40. The van der Waals surface area contributed by atoms with Crippen molar-refractivity contribution in [3.8, 4) is 0 Å². The van der Waals surface area contributed by atoms with Crippen LogP contribution in [0.4, 0.5) is 0 Å². The normalized spacial score (nSPS) is 12.6. The minimum Gasteiger partial charge on any atom is -0.316 e. The van der Waals surface area contributed by atoms with E-state index in [1.807, 2.05) is 12.1 Å². The second kappa shape index (κ2) is 8.21. The summed E-state index contributed by atoms with van der Waals surface area (Å²) in [5.41, 5.74) is 2.59. The van der Waals surface area contributed by atoms with E-state index in [0.29, 0.717) is 11.8 Å². The number of hydrogen-bond donors (Lipinski definition) is 1. The molecule has 0 aromatic heterocycles. The van der Waals surface area contributed by atoms with Crippen LogP contribution in [0, 0.1) is 5.92 Å². The lowest BCUT2D eigenvalue weighted by atomic mass is 9.91. The van der Waals surface area contributed by atoms with Crippen molar-refractivity contribution < 1.29 is 0 Å². The van der Waals surface area contributed by atoms with E-state index in [4.69, 9.17) is 11.6 Å². The second-order valence-corrected chi connectivity index (χ2v) is 6.37. The first-order valence-corrected chi connectivity index (χ1v) is 8.03. The molecule has 0 saturated heterocycles. The summed E-state index contributed by atoms with van der Waals surface area (Å²) >= 11 is 6.40. The molecule has 0 aliphatic carbocycles. The van der Waals surface area contributed by atoms with E-state index in [2.05, 4.69) is 61.6 Å². The molecule has 0 bridgehead atoms. The van der Waals surface area contributed by atoms with Gasteiger partial charge in [-0.2, -0.15) is 0 Å². The number of rotatable bonds is 7. The summed E-state index contributed by atoms with van der Waals surface area (Å²) in [6, 6.07) is 18.8. The highest BCUT2D eigenvalue weighted by Crippen LogP contribution is 2.27. The van der Waals surface area contributed by atoms with Gasteiger partial charge < -0.3 is 5.32 Å². The zero-order valence-electron chi connectivity index (χ0n) is 12.9. The van der Waals surface area contributed by atoms with Crippen molar-refractivity contribution in [3.05, 3.63) is 70.7 Å². The van der Waals surface area contributed by atoms with Crippen LogP contribution in [0.5, 0.6) is 0 Å². The zero-order valence-corrected chi connectivity index (χ0v) is 13.6. The lowest BCUT2D eigenvalue weighted by molar-refractivity contribution is 0.514. The van der Waals surface area contributed by atoms with E-state index in [1.54, 1.807) is 0 Å². The van der Waals surface area contributed by atoms with Gasteiger partial charge in [0.15, 0.2) is 0 Å². The lowest BCUT2D eigenvalue weighted by Gasteiger charge is -2.20. The third-order valence-electron chi connectivity index (χ3n) is 3.61. The van der Waals surface area contributed by atoms with Crippen LogP contribution in [-0.4, -0.2) is 13.1 Å². The molecule has 2 aromatic rings. The standard InChI is InChI=1S/C19H24ClN/c1-15(2)13-21-14-17(12-16-8-4-3-5-9-16)18-10-6-7-11-19(18)20/h3-11,15,17,21H,12-14H2,1-2H3. The topological polar surface area (TPSA) is 12.0 Å². The Kier molecular flexibility index (Phi) is 6.28. The number of benzene rings is 2. The Morgan fingerprint density at radius 3 is 2.24 bits per heavy atom. The fraction of sp³-hybridized carbons (Fsp3) is 0.368. The quantitative estimate of drug-likeness (QED) is 0.766. The molecule has 0 amide bonds. The summed E-state index contributed by atoms with van der Waals surface area (Å²) in [7, 11) is 0. The molecular formula is C19H24ClN. The van der Waals surface area contributed by atoms with Crippen molar-refractivity contribution in [1.82, 2.24) is 5.32 Å². The highest BCUT2D eigenvalue weighted by atomic mass is 35.5. The summed E-state index contributed by atoms with van der Waals surface area (Å²) in [6.07, 6.45) is 1.01. The summed E-state index contributed by atoms with van der Waals surface area (Å²) in [6.45, 7) is 6.45. The Labute approximate surface area is 133 Å². The van der Waals surface area contributed by atoms with Crippen molar-refractivity contribution in [1.29, 1.82) is 0 Å². The highest BCUT2D eigenvalue weighted by molar-refractivity contribution is 6.31. The molecule has 0 fully saturated rings. The Balaban J connectivity index is 2.12. The molecule has 112 valence electrons. The van der Waals surface area contributed by atoms with Crippen LogP contribution in [0.15, 0.2) is 54.6 Å². The second-order valence-electron chi connectivity index (χ2n) is 5.96. The molecule has 0 heterocycles. The summed E-state index contributed by atoms with van der Waals surface area (Å²) < 4.78 is 0. The van der Waals surface area contributed by atoms with Crippen LogP contribution in [-0.2, 0) is 6.42 Å². The molecule has 1 atom stereocenters. The first kappa shape index (κ1) is 16.1. The Bertz CT molecular complexity index is 536. The number of nitrogens with one attached hydrogen (secondary N) is 1. The maximum Gasteiger partial charge on any atom is 0.0441 e. The third-order valence-corrected chi connectivity index (χ3v) is 3.96. The van der Waals surface area contributed by atoms with Gasteiger partial charge in [-0.25, -0.2) is 0 Å². The molecule has 0 radical (unpaired) electrons. The minimum atomic E-state index is 0.403. The predicted molar refractivity (Wildman–Crippen MR) is 92.0 cm³/mol. The number of halogens is 1. The van der Waals surface area contributed by atoms with E-state index < -0.39 is 0 Å². The smallest absolute Gasteiger partial charge is 0.0441 e. The molecule has 21 heavy (non-hydrogen) atoms. The van der Waals surface area contributed by atoms with E-state index in [9.17, 15) is 0 Å². The van der Waals surface area contributed by atoms with Gasteiger partial charge in [0.05, 0.1) is 0 Å². The summed E-state index contributed by atoms with van der Waals surface area (Å²) in [5, 5.41) is 4.44. The van der Waals surface area contributed by atoms with E-state index in [-0.39, 0.29) is 0 Å². The Hall–Kier alpha value is -1.31. The van der Waals surface area contributed by atoms with Crippen LogP contribution >= 0.6 is 11.6 Å². The van der Waals surface area contributed by atoms with Gasteiger partial charge in [-0.3, -0.25) is 0 Å². The van der Waals surface area contributed by atoms with Crippen LogP contribution in [0.25, 0.3) is 0 Å². The molecule has 2 heteroatoms. The first-order valence-electron chi connectivity index (χ1n) is 7.66. The van der Waals surface area contributed by atoms with Crippen LogP contribution in [0.3, 0.4) is 0 Å². The highest BCUT2D eigenvalue weighted by Gasteiger charge is 2.15. The molecule has 0 spiro atoms. The minimum absolute atomic E-state index is 0.403. The average molecular weight is 302 g/mol. The molecule has 1 unspecified atom stereocenters. The van der Waals surface area contributed by atoms with Gasteiger partial charge in [0.1, 0.15) is 0 Å². The van der Waals surface area contributed by atoms with Gasteiger partial charge >= 0.3 is 0 Å². The van der Waals surface area contributed by atoms with Crippen LogP contribution < -0.4 is 5.32 Å². The third kappa shape index (κ3) is 5.18. The lowest BCUT2D eigenvalue weighted by Crippen LogP contribution is -2.26. The van der Waals surface area contributed by atoms with E-state index >= 15 is 0 Å². The van der Waals surface area contributed by atoms with Gasteiger partial charge in [-0.05, 0) is 36.1 Å². The predicted octanol–water partition coefficient (Wildman–Crippen LogP) is 4.91. The molecule has 1 N–H and O–H groups in total. The van der Waals surface area contributed by atoms with Crippen LogP contribution in [0.1, 0.15) is 30.9 Å². The summed E-state index contributed by atoms with van der Waals surface area (Å²) in [4.78, 5) is 0. The SMILES string of the molecule is CC(C)CNCC(Cc1ccccc1)c1ccccc1Cl. The first-order chi connectivity index (χ1) is 10.2. The molecule has 1 nitrogen and oxygen atoms in total. The van der Waals surface area contributed by atoms with Gasteiger partial charge in [0.2, 0.25) is 0 Å². The largest absolute Gasteiger partial charge is 0.316 e. The van der Waals surface area contributed by atoms with Gasteiger partial charge in [-0.15, -0.1) is 0 Å². The fourth-order valence-corrected chi connectivity index (χ4v) is 2.83. The van der Waals surface area contributed by atoms with Crippen molar-refractivity contribution in [2.75, 3.05) is 13.1 Å². The van der Waals surface area contributed by atoms with Crippen molar-refractivity contribution in [2.24, 2.45) is 5.92 Å². The molecule has 2 rings (SSSR count). The van der Waals surface area contributed by atoms with Gasteiger partial charge in [0, 0.05) is 17.5 Å². The molecular weight excluding hydrogens is 278 g/mol. The van der Waals surface area contributed by atoms with Crippen LogP contribution in [0.2, 0.25) is 5.02 Å². The van der Waals surface area contributed by atoms with Gasteiger partial charge in [0.25, 0.3) is 0 Å². The Morgan fingerprint density at radius 1 is 0.905 bits per heavy atom. The van der Waals surface area contributed by atoms with E-state index in [1.165, 1.54) is 11.1 Å².